The topological polar surface area (TPSA) is 50.8 Å². The molecule has 3 fully saturated rings. The highest BCUT2D eigenvalue weighted by Crippen LogP contribution is 2.40. The lowest BCUT2D eigenvalue weighted by atomic mass is 9.75. The Kier molecular flexibility index (Phi) is 5.06. The second kappa shape index (κ2) is 7.44. The van der Waals surface area contributed by atoms with Gasteiger partial charge in [0.05, 0.1) is 19.8 Å². The van der Waals surface area contributed by atoms with Crippen LogP contribution < -0.4 is 5.32 Å². The summed E-state index contributed by atoms with van der Waals surface area (Å²) in [5, 5.41) is 3.38. The van der Waals surface area contributed by atoms with Crippen LogP contribution in [0, 0.1) is 5.41 Å². The maximum atomic E-state index is 11.9. The third kappa shape index (κ3) is 4.05. The maximum Gasteiger partial charge on any atom is 0.320 e. The van der Waals surface area contributed by atoms with Gasteiger partial charge in [-0.25, -0.2) is 0 Å². The number of nitrogens with zero attached hydrogens (tertiary/aromatic N) is 1. The monoisotopic (exact) mass is 344 g/mol. The van der Waals surface area contributed by atoms with Gasteiger partial charge in [-0.15, -0.1) is 0 Å². The van der Waals surface area contributed by atoms with Gasteiger partial charge in [0.2, 0.25) is 0 Å². The van der Waals surface area contributed by atoms with E-state index in [0.29, 0.717) is 24.6 Å². The molecule has 5 heteroatoms. The molecule has 1 spiro atoms. The van der Waals surface area contributed by atoms with E-state index in [1.54, 1.807) is 0 Å². The minimum Gasteiger partial charge on any atom is -0.460 e. The summed E-state index contributed by atoms with van der Waals surface area (Å²) in [5.74, 6) is -0.166. The van der Waals surface area contributed by atoms with Crippen LogP contribution in [0.15, 0.2) is 30.3 Å². The van der Waals surface area contributed by atoms with E-state index in [-0.39, 0.29) is 5.97 Å². The molecule has 0 aromatic heterocycles. The maximum absolute atomic E-state index is 11.9. The van der Waals surface area contributed by atoms with E-state index in [1.165, 1.54) is 25.9 Å². The molecular formula is C20H28N2O3. The van der Waals surface area contributed by atoms with Crippen molar-refractivity contribution < 1.29 is 14.3 Å². The Morgan fingerprint density at radius 2 is 1.88 bits per heavy atom. The van der Waals surface area contributed by atoms with Crippen molar-refractivity contribution in [2.75, 3.05) is 32.8 Å². The van der Waals surface area contributed by atoms with Crippen molar-refractivity contribution in [3.05, 3.63) is 35.9 Å². The van der Waals surface area contributed by atoms with Crippen molar-refractivity contribution in [1.29, 1.82) is 0 Å². The van der Waals surface area contributed by atoms with Crippen LogP contribution in [0.3, 0.4) is 0 Å². The number of nitrogens with one attached hydrogen (secondary N) is 1. The van der Waals surface area contributed by atoms with Crippen molar-refractivity contribution >= 4 is 5.97 Å². The Morgan fingerprint density at radius 3 is 2.52 bits per heavy atom. The largest absolute Gasteiger partial charge is 0.460 e. The highest BCUT2D eigenvalue weighted by molar-refractivity contribution is 5.71. The average Bonchev–Trinajstić information content (AvgIpc) is 2.58. The van der Waals surface area contributed by atoms with Gasteiger partial charge in [-0.1, -0.05) is 30.3 Å². The summed E-state index contributed by atoms with van der Waals surface area (Å²) in [6.07, 6.45) is 4.76. The van der Waals surface area contributed by atoms with Crippen molar-refractivity contribution in [1.82, 2.24) is 10.2 Å². The Hall–Kier alpha value is -1.43. The van der Waals surface area contributed by atoms with Gasteiger partial charge in [0.25, 0.3) is 0 Å². The molecule has 0 radical (unpaired) electrons. The number of carbonyl (C=O) groups is 1. The van der Waals surface area contributed by atoms with E-state index < -0.39 is 0 Å². The predicted molar refractivity (Wildman–Crippen MR) is 95.1 cm³/mol. The van der Waals surface area contributed by atoms with Crippen LogP contribution in [-0.2, 0) is 20.9 Å². The summed E-state index contributed by atoms with van der Waals surface area (Å²) >= 11 is 0. The second-order valence-corrected chi connectivity index (χ2v) is 7.93. The van der Waals surface area contributed by atoms with Gasteiger partial charge in [-0.3, -0.25) is 9.69 Å². The third-order valence-electron chi connectivity index (χ3n) is 5.88. The first kappa shape index (κ1) is 17.0. The Labute approximate surface area is 149 Å². The van der Waals surface area contributed by atoms with E-state index in [1.807, 2.05) is 30.3 Å². The SMILES string of the molecule is O=C(CNC1CCC(N2CC3(COC3)C2)CC1)OCc1ccccc1. The zero-order chi connectivity index (χ0) is 17.1. The van der Waals surface area contributed by atoms with E-state index in [9.17, 15) is 4.79 Å². The van der Waals surface area contributed by atoms with Gasteiger partial charge in [-0.2, -0.15) is 0 Å². The standard InChI is InChI=1S/C20H28N2O3/c23-19(25-11-16-4-2-1-3-5-16)10-21-17-6-8-18(9-7-17)22-12-20(13-22)14-24-15-20/h1-5,17-18,21H,6-15H2. The Balaban J connectivity index is 1.10. The number of ether oxygens (including phenoxy) is 2. The Morgan fingerprint density at radius 1 is 1.16 bits per heavy atom. The zero-order valence-electron chi connectivity index (χ0n) is 14.8. The first-order chi connectivity index (χ1) is 12.2. The summed E-state index contributed by atoms with van der Waals surface area (Å²) in [5.41, 5.74) is 1.54. The average molecular weight is 344 g/mol. The summed E-state index contributed by atoms with van der Waals surface area (Å²) in [4.78, 5) is 14.5. The molecule has 5 nitrogen and oxygen atoms in total. The molecule has 1 aromatic rings. The molecule has 2 aliphatic heterocycles. The first-order valence-corrected chi connectivity index (χ1v) is 9.47. The quantitative estimate of drug-likeness (QED) is 0.800. The minimum atomic E-state index is -0.166. The first-order valence-electron chi connectivity index (χ1n) is 9.47. The molecule has 3 aliphatic rings. The number of likely N-dealkylation sites (tertiary alicyclic amines) is 1. The normalized spacial score (nSPS) is 28.2. The van der Waals surface area contributed by atoms with Crippen molar-refractivity contribution in [2.24, 2.45) is 5.41 Å². The van der Waals surface area contributed by atoms with Crippen LogP contribution in [-0.4, -0.2) is 55.8 Å². The van der Waals surface area contributed by atoms with Crippen molar-refractivity contribution in [3.8, 4) is 0 Å². The number of benzene rings is 1. The number of rotatable bonds is 6. The molecule has 25 heavy (non-hydrogen) atoms. The molecule has 1 aliphatic carbocycles. The van der Waals surface area contributed by atoms with Crippen molar-refractivity contribution in [2.45, 2.75) is 44.4 Å². The zero-order valence-corrected chi connectivity index (χ0v) is 14.8. The second-order valence-electron chi connectivity index (χ2n) is 7.93. The molecular weight excluding hydrogens is 316 g/mol. The number of esters is 1. The fourth-order valence-electron chi connectivity index (χ4n) is 4.31. The van der Waals surface area contributed by atoms with Gasteiger partial charge < -0.3 is 14.8 Å². The van der Waals surface area contributed by atoms with Crippen LogP contribution in [0.5, 0.6) is 0 Å². The summed E-state index contributed by atoms with van der Waals surface area (Å²) < 4.78 is 10.7. The van der Waals surface area contributed by atoms with Gasteiger partial charge in [0, 0.05) is 30.6 Å². The lowest BCUT2D eigenvalue weighted by molar-refractivity contribution is -0.200. The molecule has 0 amide bonds. The molecule has 0 bridgehead atoms. The third-order valence-corrected chi connectivity index (χ3v) is 5.88. The molecule has 4 rings (SSSR count). The van der Waals surface area contributed by atoms with E-state index in [0.717, 1.165) is 37.7 Å². The summed E-state index contributed by atoms with van der Waals surface area (Å²) in [6.45, 7) is 5.04. The van der Waals surface area contributed by atoms with Crippen LogP contribution in [0.2, 0.25) is 0 Å². The van der Waals surface area contributed by atoms with Crippen LogP contribution in [0.1, 0.15) is 31.2 Å². The van der Waals surface area contributed by atoms with Gasteiger partial charge in [0.15, 0.2) is 0 Å². The molecule has 1 saturated carbocycles. The summed E-state index contributed by atoms with van der Waals surface area (Å²) in [6, 6.07) is 11.0. The number of hydrogen-bond donors (Lipinski definition) is 1. The van der Waals surface area contributed by atoms with Gasteiger partial charge in [-0.05, 0) is 31.2 Å². The molecule has 1 N–H and O–H groups in total. The predicted octanol–water partition coefficient (Wildman–Crippen LogP) is 1.96. The lowest BCUT2D eigenvalue weighted by Gasteiger charge is -2.58. The number of hydrogen-bond acceptors (Lipinski definition) is 5. The van der Waals surface area contributed by atoms with Gasteiger partial charge >= 0.3 is 5.97 Å². The highest BCUT2D eigenvalue weighted by Gasteiger charge is 2.50. The molecule has 1 aromatic carbocycles. The van der Waals surface area contributed by atoms with E-state index in [2.05, 4.69) is 10.2 Å². The fourth-order valence-corrected chi connectivity index (χ4v) is 4.31. The summed E-state index contributed by atoms with van der Waals surface area (Å²) in [7, 11) is 0. The Bertz CT molecular complexity index is 572. The van der Waals surface area contributed by atoms with Crippen LogP contribution >= 0.6 is 0 Å². The fraction of sp³-hybridized carbons (Fsp3) is 0.650. The molecule has 136 valence electrons. The van der Waals surface area contributed by atoms with E-state index in [4.69, 9.17) is 9.47 Å². The smallest absolute Gasteiger partial charge is 0.320 e. The van der Waals surface area contributed by atoms with E-state index >= 15 is 0 Å². The minimum absolute atomic E-state index is 0.166. The molecule has 2 heterocycles. The molecule has 0 atom stereocenters. The highest BCUT2D eigenvalue weighted by atomic mass is 16.5. The molecule has 0 unspecified atom stereocenters. The molecule has 2 saturated heterocycles. The van der Waals surface area contributed by atoms with Gasteiger partial charge in [0.1, 0.15) is 6.61 Å². The van der Waals surface area contributed by atoms with Crippen LogP contribution in [0.25, 0.3) is 0 Å². The lowest BCUT2D eigenvalue weighted by Crippen LogP contribution is -2.68. The van der Waals surface area contributed by atoms with Crippen LogP contribution in [0.4, 0.5) is 0 Å². The van der Waals surface area contributed by atoms with Crippen molar-refractivity contribution in [3.63, 3.8) is 0 Å². The number of carbonyl (C=O) groups excluding carboxylic acids is 1.